The molecule has 1 aromatic heterocycles. The molecule has 0 spiro atoms. The fourth-order valence-electron chi connectivity index (χ4n) is 2.31. The summed E-state index contributed by atoms with van der Waals surface area (Å²) in [6, 6.07) is 0.578. The van der Waals surface area contributed by atoms with Crippen LogP contribution in [0.15, 0.2) is 11.2 Å². The van der Waals surface area contributed by atoms with E-state index in [0.29, 0.717) is 18.2 Å². The van der Waals surface area contributed by atoms with Gasteiger partial charge in [-0.1, -0.05) is 0 Å². The summed E-state index contributed by atoms with van der Waals surface area (Å²) in [5.74, 6) is 1.97. The van der Waals surface area contributed by atoms with E-state index in [9.17, 15) is 8.42 Å². The topological polar surface area (TPSA) is 86.9 Å². The van der Waals surface area contributed by atoms with Gasteiger partial charge in [-0.15, -0.1) is 0 Å². The van der Waals surface area contributed by atoms with Crippen molar-refractivity contribution in [3.63, 3.8) is 0 Å². The molecule has 1 atom stereocenters. The maximum Gasteiger partial charge on any atom is 0.258 e. The van der Waals surface area contributed by atoms with Crippen molar-refractivity contribution in [2.45, 2.75) is 49.3 Å². The Morgan fingerprint density at radius 1 is 1.35 bits per heavy atom. The van der Waals surface area contributed by atoms with E-state index in [1.165, 1.54) is 12.8 Å². The van der Waals surface area contributed by atoms with Crippen LogP contribution in [-0.4, -0.2) is 42.2 Å². The standard InChI is InChI=1S/C12H20N4O2S2/c17-20(18,16-11-2-1-5-19-8-11)12-9(7-14-15-12)6-13-10-3-4-10/h7,10-11,13,16H,1-6,8H2,(H,14,15). The second-order valence-corrected chi connectivity index (χ2v) is 8.22. The van der Waals surface area contributed by atoms with Gasteiger partial charge < -0.3 is 5.32 Å². The van der Waals surface area contributed by atoms with Crippen LogP contribution in [0.1, 0.15) is 31.2 Å². The number of hydrogen-bond donors (Lipinski definition) is 3. The minimum atomic E-state index is -3.50. The van der Waals surface area contributed by atoms with E-state index in [4.69, 9.17) is 0 Å². The second kappa shape index (κ2) is 6.05. The van der Waals surface area contributed by atoms with Gasteiger partial charge in [0.05, 0.1) is 6.20 Å². The van der Waals surface area contributed by atoms with Crippen LogP contribution in [0.25, 0.3) is 0 Å². The number of nitrogens with zero attached hydrogens (tertiary/aromatic N) is 1. The van der Waals surface area contributed by atoms with Gasteiger partial charge in [-0.3, -0.25) is 5.10 Å². The molecule has 0 amide bonds. The Balaban J connectivity index is 1.67. The number of rotatable bonds is 6. The van der Waals surface area contributed by atoms with Crippen LogP contribution in [0.3, 0.4) is 0 Å². The van der Waals surface area contributed by atoms with Crippen molar-refractivity contribution in [3.8, 4) is 0 Å². The van der Waals surface area contributed by atoms with E-state index in [0.717, 1.165) is 24.3 Å². The highest BCUT2D eigenvalue weighted by molar-refractivity contribution is 7.99. The van der Waals surface area contributed by atoms with Gasteiger partial charge in [0.15, 0.2) is 5.03 Å². The lowest BCUT2D eigenvalue weighted by atomic mass is 10.2. The van der Waals surface area contributed by atoms with E-state index in [1.807, 2.05) is 0 Å². The lowest BCUT2D eigenvalue weighted by Crippen LogP contribution is -2.39. The van der Waals surface area contributed by atoms with E-state index in [-0.39, 0.29) is 11.1 Å². The van der Waals surface area contributed by atoms with Gasteiger partial charge in [-0.25, -0.2) is 13.1 Å². The normalized spacial score (nSPS) is 23.9. The Bertz CT molecular complexity index is 548. The van der Waals surface area contributed by atoms with Gasteiger partial charge in [0.2, 0.25) is 0 Å². The van der Waals surface area contributed by atoms with Crippen molar-refractivity contribution in [1.29, 1.82) is 0 Å². The first-order chi connectivity index (χ1) is 9.65. The van der Waals surface area contributed by atoms with Crippen LogP contribution < -0.4 is 10.0 Å². The molecule has 2 aliphatic rings. The second-order valence-electron chi connectivity index (χ2n) is 5.41. The molecule has 1 unspecified atom stereocenters. The van der Waals surface area contributed by atoms with Crippen molar-refractivity contribution in [1.82, 2.24) is 20.2 Å². The third-order valence-electron chi connectivity index (χ3n) is 3.59. The minimum Gasteiger partial charge on any atom is -0.310 e. The predicted octanol–water partition coefficient (Wildman–Crippen LogP) is 0.836. The number of H-pyrrole nitrogens is 1. The maximum absolute atomic E-state index is 12.4. The Morgan fingerprint density at radius 3 is 2.90 bits per heavy atom. The third kappa shape index (κ3) is 3.55. The molecule has 1 aromatic rings. The average molecular weight is 316 g/mol. The van der Waals surface area contributed by atoms with Crippen LogP contribution in [0.4, 0.5) is 0 Å². The van der Waals surface area contributed by atoms with Crippen LogP contribution in [0.2, 0.25) is 0 Å². The monoisotopic (exact) mass is 316 g/mol. The van der Waals surface area contributed by atoms with Crippen molar-refractivity contribution in [2.75, 3.05) is 11.5 Å². The summed E-state index contributed by atoms with van der Waals surface area (Å²) in [4.78, 5) is 0. The third-order valence-corrected chi connectivity index (χ3v) is 6.34. The molecule has 1 aliphatic heterocycles. The molecule has 1 aliphatic carbocycles. The molecule has 1 saturated carbocycles. The molecule has 0 aromatic carbocycles. The molecule has 3 rings (SSSR count). The molecular weight excluding hydrogens is 296 g/mol. The molecule has 0 radical (unpaired) electrons. The largest absolute Gasteiger partial charge is 0.310 e. The first-order valence-corrected chi connectivity index (χ1v) is 9.64. The molecule has 0 bridgehead atoms. The highest BCUT2D eigenvalue weighted by Crippen LogP contribution is 2.22. The number of aromatic nitrogens is 2. The van der Waals surface area contributed by atoms with Crippen molar-refractivity contribution in [2.24, 2.45) is 0 Å². The Hall–Kier alpha value is -0.570. The zero-order chi connectivity index (χ0) is 14.0. The number of nitrogens with one attached hydrogen (secondary N) is 3. The molecule has 8 heteroatoms. The SMILES string of the molecule is O=S(=O)(NC1CCCSC1)c1[nH]ncc1CNC1CC1. The average Bonchev–Trinajstić information content (AvgIpc) is 3.13. The number of thioether (sulfide) groups is 1. The maximum atomic E-state index is 12.4. The summed E-state index contributed by atoms with van der Waals surface area (Å²) in [6.07, 6.45) is 5.93. The summed E-state index contributed by atoms with van der Waals surface area (Å²) >= 11 is 1.80. The number of sulfonamides is 1. The van der Waals surface area contributed by atoms with Crippen molar-refractivity contribution >= 4 is 21.8 Å². The van der Waals surface area contributed by atoms with Crippen LogP contribution in [0.5, 0.6) is 0 Å². The minimum absolute atomic E-state index is 0.0336. The van der Waals surface area contributed by atoms with E-state index in [2.05, 4.69) is 20.2 Å². The first kappa shape index (κ1) is 14.4. The first-order valence-electron chi connectivity index (χ1n) is 7.01. The number of aromatic amines is 1. The summed E-state index contributed by atoms with van der Waals surface area (Å²) in [7, 11) is -3.50. The Labute approximate surface area is 123 Å². The van der Waals surface area contributed by atoms with Gasteiger partial charge in [-0.05, 0) is 31.4 Å². The Morgan fingerprint density at radius 2 is 2.20 bits per heavy atom. The summed E-state index contributed by atoms with van der Waals surface area (Å²) in [5, 5.41) is 10.1. The molecule has 1 saturated heterocycles. The molecule has 2 heterocycles. The fourth-order valence-corrected chi connectivity index (χ4v) is 4.89. The highest BCUT2D eigenvalue weighted by Gasteiger charge is 2.27. The quantitative estimate of drug-likeness (QED) is 0.724. The summed E-state index contributed by atoms with van der Waals surface area (Å²) < 4.78 is 27.6. The van der Waals surface area contributed by atoms with Crippen LogP contribution >= 0.6 is 11.8 Å². The van der Waals surface area contributed by atoms with E-state index >= 15 is 0 Å². The number of hydrogen-bond acceptors (Lipinski definition) is 5. The van der Waals surface area contributed by atoms with Gasteiger partial charge in [-0.2, -0.15) is 16.9 Å². The zero-order valence-electron chi connectivity index (χ0n) is 11.3. The predicted molar refractivity (Wildman–Crippen MR) is 79.1 cm³/mol. The summed E-state index contributed by atoms with van der Waals surface area (Å²) in [5.41, 5.74) is 0.716. The molecule has 6 nitrogen and oxygen atoms in total. The zero-order valence-corrected chi connectivity index (χ0v) is 12.9. The van der Waals surface area contributed by atoms with Gasteiger partial charge in [0.1, 0.15) is 0 Å². The van der Waals surface area contributed by atoms with E-state index < -0.39 is 10.0 Å². The molecule has 2 fully saturated rings. The van der Waals surface area contributed by atoms with E-state index in [1.54, 1.807) is 18.0 Å². The van der Waals surface area contributed by atoms with Crippen LogP contribution in [-0.2, 0) is 16.6 Å². The summed E-state index contributed by atoms with van der Waals surface area (Å²) in [6.45, 7) is 0.552. The van der Waals surface area contributed by atoms with Gasteiger partial charge in [0, 0.05) is 29.9 Å². The molecule has 20 heavy (non-hydrogen) atoms. The molecule has 112 valence electrons. The van der Waals surface area contributed by atoms with Gasteiger partial charge >= 0.3 is 0 Å². The highest BCUT2D eigenvalue weighted by atomic mass is 32.2. The van der Waals surface area contributed by atoms with Crippen molar-refractivity contribution < 1.29 is 8.42 Å². The lowest BCUT2D eigenvalue weighted by Gasteiger charge is -2.22. The Kier molecular flexibility index (Phi) is 4.34. The lowest BCUT2D eigenvalue weighted by molar-refractivity contribution is 0.538. The smallest absolute Gasteiger partial charge is 0.258 e. The van der Waals surface area contributed by atoms with Crippen LogP contribution in [0, 0.1) is 0 Å². The van der Waals surface area contributed by atoms with Gasteiger partial charge in [0.25, 0.3) is 10.0 Å². The molecular formula is C12H20N4O2S2. The molecule has 3 N–H and O–H groups in total. The van der Waals surface area contributed by atoms with Crippen molar-refractivity contribution in [3.05, 3.63) is 11.8 Å². The fraction of sp³-hybridized carbons (Fsp3) is 0.750.